The van der Waals surface area contributed by atoms with Crippen LogP contribution in [0.15, 0.2) is 29.2 Å². The maximum absolute atomic E-state index is 12.4. The predicted octanol–water partition coefficient (Wildman–Crippen LogP) is 0.862. The number of esters is 1. The van der Waals surface area contributed by atoms with Crippen molar-refractivity contribution >= 4 is 16.0 Å². The first-order valence-corrected chi connectivity index (χ1v) is 9.51. The van der Waals surface area contributed by atoms with E-state index in [-0.39, 0.29) is 17.5 Å². The zero-order chi connectivity index (χ0) is 17.6. The quantitative estimate of drug-likeness (QED) is 0.730. The molecule has 0 bridgehead atoms. The number of nitrogens with zero attached hydrogens (tertiary/aromatic N) is 1. The highest BCUT2D eigenvalue weighted by atomic mass is 32.2. The average Bonchev–Trinajstić information content (AvgIpc) is 2.61. The van der Waals surface area contributed by atoms with E-state index in [1.807, 2.05) is 6.92 Å². The molecule has 1 fully saturated rings. The molecule has 24 heavy (non-hydrogen) atoms. The first-order chi connectivity index (χ1) is 11.4. The first kappa shape index (κ1) is 18.9. The highest BCUT2D eigenvalue weighted by Gasteiger charge is 2.20. The van der Waals surface area contributed by atoms with Gasteiger partial charge >= 0.3 is 5.97 Å². The van der Waals surface area contributed by atoms with Crippen LogP contribution in [-0.2, 0) is 19.5 Å². The molecule has 0 aromatic heterocycles. The summed E-state index contributed by atoms with van der Waals surface area (Å²) >= 11 is 0. The van der Waals surface area contributed by atoms with Crippen molar-refractivity contribution in [2.75, 3.05) is 39.5 Å². The van der Waals surface area contributed by atoms with Gasteiger partial charge in [-0.15, -0.1) is 0 Å². The second-order valence-corrected chi connectivity index (χ2v) is 7.36. The fraction of sp³-hybridized carbons (Fsp3) is 0.562. The van der Waals surface area contributed by atoms with Gasteiger partial charge in [-0.1, -0.05) is 0 Å². The van der Waals surface area contributed by atoms with E-state index in [1.165, 1.54) is 24.3 Å². The van der Waals surface area contributed by atoms with Crippen LogP contribution in [0.25, 0.3) is 0 Å². The van der Waals surface area contributed by atoms with E-state index in [1.54, 1.807) is 6.92 Å². The van der Waals surface area contributed by atoms with Gasteiger partial charge in [-0.2, -0.15) is 0 Å². The van der Waals surface area contributed by atoms with Gasteiger partial charge in [-0.3, -0.25) is 4.90 Å². The molecule has 1 atom stereocenters. The van der Waals surface area contributed by atoms with Gasteiger partial charge in [0.1, 0.15) is 0 Å². The second kappa shape index (κ2) is 8.57. The predicted molar refractivity (Wildman–Crippen MR) is 89.4 cm³/mol. The Morgan fingerprint density at radius 3 is 2.50 bits per heavy atom. The molecule has 1 unspecified atom stereocenters. The maximum atomic E-state index is 12.4. The summed E-state index contributed by atoms with van der Waals surface area (Å²) in [5.74, 6) is -0.463. The van der Waals surface area contributed by atoms with Crippen LogP contribution in [0.2, 0.25) is 0 Å². The van der Waals surface area contributed by atoms with Crippen molar-refractivity contribution in [3.8, 4) is 0 Å². The Kier molecular flexibility index (Phi) is 6.73. The molecule has 7 nitrogen and oxygen atoms in total. The molecule has 1 aromatic rings. The number of carbonyl (C=O) groups is 1. The lowest BCUT2D eigenvalue weighted by Crippen LogP contribution is -2.47. The Labute approximate surface area is 143 Å². The Balaban J connectivity index is 1.95. The van der Waals surface area contributed by atoms with Gasteiger partial charge in [0.25, 0.3) is 0 Å². The summed E-state index contributed by atoms with van der Waals surface area (Å²) in [5, 5.41) is 0. The summed E-state index contributed by atoms with van der Waals surface area (Å²) in [6.07, 6.45) is 0. The van der Waals surface area contributed by atoms with E-state index in [2.05, 4.69) is 9.62 Å². The first-order valence-electron chi connectivity index (χ1n) is 8.02. The highest BCUT2D eigenvalue weighted by Crippen LogP contribution is 2.12. The molecule has 1 aliphatic rings. The number of hydrogen-bond acceptors (Lipinski definition) is 6. The van der Waals surface area contributed by atoms with Crippen LogP contribution >= 0.6 is 0 Å². The van der Waals surface area contributed by atoms with Crippen LogP contribution in [-0.4, -0.2) is 64.8 Å². The summed E-state index contributed by atoms with van der Waals surface area (Å²) in [6, 6.07) is 5.82. The molecule has 1 saturated heterocycles. The molecule has 8 heteroatoms. The number of rotatable bonds is 7. The number of nitrogens with one attached hydrogen (secondary N) is 1. The lowest BCUT2D eigenvalue weighted by atomic mass is 10.2. The Morgan fingerprint density at radius 1 is 1.29 bits per heavy atom. The molecular weight excluding hydrogens is 332 g/mol. The van der Waals surface area contributed by atoms with Gasteiger partial charge in [0.15, 0.2) is 0 Å². The number of ether oxygens (including phenoxy) is 2. The molecule has 1 N–H and O–H groups in total. The van der Waals surface area contributed by atoms with Gasteiger partial charge in [-0.25, -0.2) is 17.9 Å². The van der Waals surface area contributed by atoms with Crippen LogP contribution in [0.5, 0.6) is 0 Å². The van der Waals surface area contributed by atoms with Crippen molar-refractivity contribution in [2.45, 2.75) is 24.8 Å². The molecule has 0 amide bonds. The van der Waals surface area contributed by atoms with E-state index >= 15 is 0 Å². The van der Waals surface area contributed by atoms with Gasteiger partial charge in [0, 0.05) is 25.7 Å². The smallest absolute Gasteiger partial charge is 0.338 e. The molecular formula is C16H24N2O5S. The number of morpholine rings is 1. The molecule has 1 aromatic carbocycles. The van der Waals surface area contributed by atoms with E-state index in [9.17, 15) is 13.2 Å². The number of hydrogen-bond donors (Lipinski definition) is 1. The van der Waals surface area contributed by atoms with E-state index in [0.29, 0.717) is 25.3 Å². The molecule has 1 aliphatic heterocycles. The molecule has 134 valence electrons. The van der Waals surface area contributed by atoms with Crippen LogP contribution in [0.1, 0.15) is 24.2 Å². The van der Waals surface area contributed by atoms with Crippen LogP contribution < -0.4 is 4.72 Å². The lowest BCUT2D eigenvalue weighted by molar-refractivity contribution is 0.0213. The third-order valence-corrected chi connectivity index (χ3v) is 5.35. The summed E-state index contributed by atoms with van der Waals surface area (Å²) in [5.41, 5.74) is 0.331. The summed E-state index contributed by atoms with van der Waals surface area (Å²) in [4.78, 5) is 13.9. The summed E-state index contributed by atoms with van der Waals surface area (Å²) < 4.78 is 37.5. The van der Waals surface area contributed by atoms with Crippen LogP contribution in [0.3, 0.4) is 0 Å². The van der Waals surface area contributed by atoms with E-state index in [4.69, 9.17) is 9.47 Å². The third-order valence-electron chi connectivity index (χ3n) is 3.91. The summed E-state index contributed by atoms with van der Waals surface area (Å²) in [6.45, 7) is 7.25. The molecule has 2 rings (SSSR count). The third kappa shape index (κ3) is 5.01. The minimum atomic E-state index is -3.61. The highest BCUT2D eigenvalue weighted by molar-refractivity contribution is 7.89. The largest absolute Gasteiger partial charge is 0.462 e. The second-order valence-electron chi connectivity index (χ2n) is 5.59. The number of benzene rings is 1. The molecule has 0 saturated carbocycles. The molecule has 0 spiro atoms. The Bertz CT molecular complexity index is 639. The normalized spacial score (nSPS) is 17.4. The fourth-order valence-electron chi connectivity index (χ4n) is 2.45. The van der Waals surface area contributed by atoms with E-state index < -0.39 is 16.0 Å². The summed E-state index contributed by atoms with van der Waals surface area (Å²) in [7, 11) is -3.61. The standard InChI is InChI=1S/C16H24N2O5S/c1-3-23-16(19)14-4-6-15(7-5-14)24(20,21)17-12-13(2)18-8-10-22-11-9-18/h4-7,13,17H,3,8-12H2,1-2H3. The van der Waals surface area contributed by atoms with Gasteiger partial charge < -0.3 is 9.47 Å². The van der Waals surface area contributed by atoms with Crippen molar-refractivity contribution < 1.29 is 22.7 Å². The van der Waals surface area contributed by atoms with Crippen molar-refractivity contribution in [3.05, 3.63) is 29.8 Å². The van der Waals surface area contributed by atoms with Gasteiger partial charge in [0.05, 0.1) is 30.3 Å². The molecule has 0 radical (unpaired) electrons. The molecule has 1 heterocycles. The Hall–Kier alpha value is -1.48. The van der Waals surface area contributed by atoms with Crippen molar-refractivity contribution in [1.29, 1.82) is 0 Å². The lowest BCUT2D eigenvalue weighted by Gasteiger charge is -2.32. The minimum absolute atomic E-state index is 0.0856. The van der Waals surface area contributed by atoms with Crippen LogP contribution in [0.4, 0.5) is 0 Å². The molecule has 0 aliphatic carbocycles. The average molecular weight is 356 g/mol. The van der Waals surface area contributed by atoms with Gasteiger partial charge in [-0.05, 0) is 38.1 Å². The fourth-order valence-corrected chi connectivity index (χ4v) is 3.57. The van der Waals surface area contributed by atoms with Gasteiger partial charge in [0.2, 0.25) is 10.0 Å². The zero-order valence-electron chi connectivity index (χ0n) is 14.0. The van der Waals surface area contributed by atoms with E-state index in [0.717, 1.165) is 13.1 Å². The van der Waals surface area contributed by atoms with Crippen molar-refractivity contribution in [2.24, 2.45) is 0 Å². The number of sulfonamides is 1. The Morgan fingerprint density at radius 2 is 1.92 bits per heavy atom. The van der Waals surface area contributed by atoms with Crippen molar-refractivity contribution in [3.63, 3.8) is 0 Å². The SMILES string of the molecule is CCOC(=O)c1ccc(S(=O)(=O)NCC(C)N2CCOCC2)cc1. The van der Waals surface area contributed by atoms with Crippen LogP contribution in [0, 0.1) is 0 Å². The minimum Gasteiger partial charge on any atom is -0.462 e. The zero-order valence-corrected chi connectivity index (χ0v) is 14.8. The topological polar surface area (TPSA) is 84.9 Å². The number of carbonyl (C=O) groups excluding carboxylic acids is 1. The maximum Gasteiger partial charge on any atom is 0.338 e. The monoisotopic (exact) mass is 356 g/mol. The van der Waals surface area contributed by atoms with Crippen molar-refractivity contribution in [1.82, 2.24) is 9.62 Å².